The standard InChI is InChI=1S/C11H13BrF3N/c1-7(2)16-10(11(13,14)15)8-3-5-9(12)6-4-8/h3-7,10,16H,1-2H3. The Labute approximate surface area is 101 Å². The van der Waals surface area contributed by atoms with E-state index in [-0.39, 0.29) is 11.6 Å². The lowest BCUT2D eigenvalue weighted by molar-refractivity contribution is -0.159. The average molecular weight is 296 g/mol. The second-order valence-electron chi connectivity index (χ2n) is 3.85. The van der Waals surface area contributed by atoms with Crippen molar-refractivity contribution >= 4 is 15.9 Å². The Kier molecular flexibility index (Phi) is 4.38. The van der Waals surface area contributed by atoms with Crippen molar-refractivity contribution in [1.29, 1.82) is 0 Å². The van der Waals surface area contributed by atoms with Gasteiger partial charge in [-0.2, -0.15) is 13.2 Å². The van der Waals surface area contributed by atoms with Crippen molar-refractivity contribution in [2.45, 2.75) is 32.1 Å². The Bertz CT molecular complexity index is 332. The monoisotopic (exact) mass is 295 g/mol. The van der Waals surface area contributed by atoms with Gasteiger partial charge in [-0.25, -0.2) is 0 Å². The van der Waals surface area contributed by atoms with E-state index in [9.17, 15) is 13.2 Å². The van der Waals surface area contributed by atoms with Crippen LogP contribution in [-0.4, -0.2) is 12.2 Å². The molecule has 0 saturated heterocycles. The first-order valence-electron chi connectivity index (χ1n) is 4.89. The van der Waals surface area contributed by atoms with Crippen LogP contribution >= 0.6 is 15.9 Å². The predicted molar refractivity (Wildman–Crippen MR) is 61.2 cm³/mol. The lowest BCUT2D eigenvalue weighted by Crippen LogP contribution is -2.38. The van der Waals surface area contributed by atoms with Crippen LogP contribution in [0.1, 0.15) is 25.5 Å². The van der Waals surface area contributed by atoms with Crippen LogP contribution in [0.3, 0.4) is 0 Å². The Balaban J connectivity index is 2.97. The number of benzene rings is 1. The van der Waals surface area contributed by atoms with Gasteiger partial charge in [-0.15, -0.1) is 0 Å². The lowest BCUT2D eigenvalue weighted by atomic mass is 10.1. The minimum atomic E-state index is -4.28. The fourth-order valence-electron chi connectivity index (χ4n) is 1.37. The molecular weight excluding hydrogens is 283 g/mol. The predicted octanol–water partition coefficient (Wildman–Crippen LogP) is 4.05. The molecule has 0 bridgehead atoms. The van der Waals surface area contributed by atoms with Crippen molar-refractivity contribution in [3.8, 4) is 0 Å². The first kappa shape index (κ1) is 13.5. The molecule has 0 aromatic heterocycles. The summed E-state index contributed by atoms with van der Waals surface area (Å²) in [6.45, 7) is 3.38. The van der Waals surface area contributed by atoms with Crippen LogP contribution < -0.4 is 5.32 Å². The molecule has 0 spiro atoms. The highest BCUT2D eigenvalue weighted by molar-refractivity contribution is 9.10. The molecule has 1 aromatic carbocycles. The summed E-state index contributed by atoms with van der Waals surface area (Å²) in [5.74, 6) is 0. The fourth-order valence-corrected chi connectivity index (χ4v) is 1.63. The largest absolute Gasteiger partial charge is 0.407 e. The highest BCUT2D eigenvalue weighted by Gasteiger charge is 2.40. The number of hydrogen-bond acceptors (Lipinski definition) is 1. The molecule has 5 heteroatoms. The normalized spacial score (nSPS) is 14.2. The Morgan fingerprint density at radius 3 is 2.00 bits per heavy atom. The molecule has 1 N–H and O–H groups in total. The molecule has 1 rings (SSSR count). The maximum Gasteiger partial charge on any atom is 0.407 e. The van der Waals surface area contributed by atoms with E-state index in [1.165, 1.54) is 12.1 Å². The molecule has 1 nitrogen and oxygen atoms in total. The van der Waals surface area contributed by atoms with Gasteiger partial charge in [-0.3, -0.25) is 0 Å². The minimum absolute atomic E-state index is 0.226. The van der Waals surface area contributed by atoms with Crippen LogP contribution in [0.5, 0.6) is 0 Å². The van der Waals surface area contributed by atoms with Crippen molar-refractivity contribution < 1.29 is 13.2 Å². The number of nitrogens with one attached hydrogen (secondary N) is 1. The molecule has 0 aliphatic carbocycles. The second kappa shape index (κ2) is 5.19. The van der Waals surface area contributed by atoms with E-state index in [1.54, 1.807) is 26.0 Å². The zero-order chi connectivity index (χ0) is 12.3. The van der Waals surface area contributed by atoms with E-state index in [1.807, 2.05) is 0 Å². The summed E-state index contributed by atoms with van der Waals surface area (Å²) in [5, 5.41) is 2.52. The third-order valence-corrected chi connectivity index (χ3v) is 2.56. The fraction of sp³-hybridized carbons (Fsp3) is 0.455. The summed E-state index contributed by atoms with van der Waals surface area (Å²) in [6, 6.07) is 4.32. The average Bonchev–Trinajstić information content (AvgIpc) is 2.14. The molecule has 0 amide bonds. The third kappa shape index (κ3) is 3.79. The topological polar surface area (TPSA) is 12.0 Å². The number of halogens is 4. The Morgan fingerprint density at radius 1 is 1.12 bits per heavy atom. The molecule has 16 heavy (non-hydrogen) atoms. The van der Waals surface area contributed by atoms with E-state index >= 15 is 0 Å². The van der Waals surface area contributed by atoms with Gasteiger partial charge < -0.3 is 5.32 Å². The van der Waals surface area contributed by atoms with Gasteiger partial charge in [0, 0.05) is 10.5 Å². The summed E-state index contributed by atoms with van der Waals surface area (Å²) in [6.07, 6.45) is -4.28. The van der Waals surface area contributed by atoms with E-state index in [4.69, 9.17) is 0 Å². The van der Waals surface area contributed by atoms with Crippen LogP contribution in [-0.2, 0) is 0 Å². The van der Waals surface area contributed by atoms with Crippen molar-refractivity contribution in [2.24, 2.45) is 0 Å². The van der Waals surface area contributed by atoms with Crippen LogP contribution in [0.25, 0.3) is 0 Å². The second-order valence-corrected chi connectivity index (χ2v) is 4.76. The van der Waals surface area contributed by atoms with Gasteiger partial charge in [0.05, 0.1) is 0 Å². The first-order valence-corrected chi connectivity index (χ1v) is 5.68. The Hall–Kier alpha value is -0.550. The summed E-state index contributed by atoms with van der Waals surface area (Å²) >= 11 is 3.19. The smallest absolute Gasteiger partial charge is 0.300 e. The van der Waals surface area contributed by atoms with Crippen molar-refractivity contribution in [2.75, 3.05) is 0 Å². The van der Waals surface area contributed by atoms with Crippen LogP contribution in [0.2, 0.25) is 0 Å². The van der Waals surface area contributed by atoms with E-state index < -0.39 is 12.2 Å². The molecule has 90 valence electrons. The van der Waals surface area contributed by atoms with E-state index in [2.05, 4.69) is 21.2 Å². The third-order valence-electron chi connectivity index (χ3n) is 2.03. The molecule has 0 heterocycles. The van der Waals surface area contributed by atoms with Gasteiger partial charge in [0.2, 0.25) is 0 Å². The highest BCUT2D eigenvalue weighted by atomic mass is 79.9. The maximum atomic E-state index is 12.8. The van der Waals surface area contributed by atoms with Gasteiger partial charge in [0.25, 0.3) is 0 Å². The maximum absolute atomic E-state index is 12.8. The molecule has 1 aromatic rings. The molecule has 0 aliphatic heterocycles. The summed E-state index contributed by atoms with van der Waals surface area (Å²) < 4.78 is 39.1. The molecule has 0 fully saturated rings. The Morgan fingerprint density at radius 2 is 1.62 bits per heavy atom. The zero-order valence-corrected chi connectivity index (χ0v) is 10.6. The lowest BCUT2D eigenvalue weighted by Gasteiger charge is -2.24. The first-order chi connectivity index (χ1) is 7.30. The van der Waals surface area contributed by atoms with Crippen LogP contribution in [0, 0.1) is 0 Å². The number of hydrogen-bond donors (Lipinski definition) is 1. The zero-order valence-electron chi connectivity index (χ0n) is 8.98. The number of alkyl halides is 3. The molecule has 0 aliphatic rings. The molecule has 1 atom stereocenters. The molecule has 0 saturated carbocycles. The number of rotatable bonds is 3. The molecule has 1 unspecified atom stereocenters. The van der Waals surface area contributed by atoms with E-state index in [0.29, 0.717) is 0 Å². The molecule has 0 radical (unpaired) electrons. The van der Waals surface area contributed by atoms with Gasteiger partial charge in [-0.1, -0.05) is 41.9 Å². The van der Waals surface area contributed by atoms with Crippen molar-refractivity contribution in [3.63, 3.8) is 0 Å². The summed E-state index contributed by atoms with van der Waals surface area (Å²) in [5.41, 5.74) is 0.226. The van der Waals surface area contributed by atoms with Crippen LogP contribution in [0.4, 0.5) is 13.2 Å². The van der Waals surface area contributed by atoms with Gasteiger partial charge in [0.15, 0.2) is 0 Å². The van der Waals surface area contributed by atoms with Gasteiger partial charge in [-0.05, 0) is 17.7 Å². The quantitative estimate of drug-likeness (QED) is 0.887. The van der Waals surface area contributed by atoms with Crippen LogP contribution in [0.15, 0.2) is 28.7 Å². The van der Waals surface area contributed by atoms with Gasteiger partial charge >= 0.3 is 6.18 Å². The minimum Gasteiger partial charge on any atom is -0.300 e. The molecular formula is C11H13BrF3N. The van der Waals surface area contributed by atoms with Crippen molar-refractivity contribution in [3.05, 3.63) is 34.3 Å². The SMILES string of the molecule is CC(C)NC(c1ccc(Br)cc1)C(F)(F)F. The van der Waals surface area contributed by atoms with Crippen molar-refractivity contribution in [1.82, 2.24) is 5.32 Å². The van der Waals surface area contributed by atoms with E-state index in [0.717, 1.165) is 4.47 Å². The van der Waals surface area contributed by atoms with Gasteiger partial charge in [0.1, 0.15) is 6.04 Å². The summed E-state index contributed by atoms with van der Waals surface area (Å²) in [4.78, 5) is 0. The summed E-state index contributed by atoms with van der Waals surface area (Å²) in [7, 11) is 0. The highest BCUT2D eigenvalue weighted by Crippen LogP contribution is 2.33.